The smallest absolute Gasteiger partial charge is 0.250 e. The standard InChI is InChI=1S/C15H18ClN3OS/c1-18-8-10-19(11-9-18)15(21)17-14(20)7-4-12-2-5-13(16)6-3-12/h2-7H,8-11H2,1H3,(H,17,20,21)/b7-4+. The first-order valence-corrected chi connectivity index (χ1v) is 7.55. The van der Waals surface area contributed by atoms with Crippen LogP contribution in [-0.2, 0) is 4.79 Å². The Morgan fingerprint density at radius 1 is 1.24 bits per heavy atom. The molecule has 0 unspecified atom stereocenters. The second kappa shape index (κ2) is 7.54. The molecular weight excluding hydrogens is 306 g/mol. The zero-order chi connectivity index (χ0) is 15.2. The fourth-order valence-electron chi connectivity index (χ4n) is 1.98. The molecule has 0 atom stereocenters. The van der Waals surface area contributed by atoms with Gasteiger partial charge in [-0.15, -0.1) is 0 Å². The normalized spacial score (nSPS) is 16.2. The summed E-state index contributed by atoms with van der Waals surface area (Å²) < 4.78 is 0. The summed E-state index contributed by atoms with van der Waals surface area (Å²) in [6.45, 7) is 3.60. The van der Waals surface area contributed by atoms with Crippen molar-refractivity contribution < 1.29 is 4.79 Å². The summed E-state index contributed by atoms with van der Waals surface area (Å²) in [6.07, 6.45) is 3.21. The van der Waals surface area contributed by atoms with E-state index in [-0.39, 0.29) is 5.91 Å². The van der Waals surface area contributed by atoms with Gasteiger partial charge in [-0.05, 0) is 43.0 Å². The summed E-state index contributed by atoms with van der Waals surface area (Å²) in [5.74, 6) is -0.214. The number of amides is 1. The minimum Gasteiger partial charge on any atom is -0.346 e. The van der Waals surface area contributed by atoms with Gasteiger partial charge >= 0.3 is 0 Å². The van der Waals surface area contributed by atoms with Crippen LogP contribution in [0.3, 0.4) is 0 Å². The highest BCUT2D eigenvalue weighted by Gasteiger charge is 2.16. The third-order valence-corrected chi connectivity index (χ3v) is 3.93. The van der Waals surface area contributed by atoms with Gasteiger partial charge in [0.05, 0.1) is 0 Å². The van der Waals surface area contributed by atoms with Gasteiger partial charge in [0, 0.05) is 37.3 Å². The largest absolute Gasteiger partial charge is 0.346 e. The van der Waals surface area contributed by atoms with E-state index in [1.54, 1.807) is 18.2 Å². The molecule has 112 valence electrons. The predicted octanol–water partition coefficient (Wildman–Crippen LogP) is 2.00. The van der Waals surface area contributed by atoms with Gasteiger partial charge in [-0.2, -0.15) is 0 Å². The Morgan fingerprint density at radius 2 is 1.86 bits per heavy atom. The lowest BCUT2D eigenvalue weighted by atomic mass is 10.2. The average Bonchev–Trinajstić information content (AvgIpc) is 2.47. The summed E-state index contributed by atoms with van der Waals surface area (Å²) in [5.41, 5.74) is 0.917. The molecule has 4 nitrogen and oxygen atoms in total. The van der Waals surface area contributed by atoms with Crippen LogP contribution in [-0.4, -0.2) is 54.0 Å². The Bertz CT molecular complexity index is 536. The Balaban J connectivity index is 1.83. The molecule has 1 aromatic carbocycles. The fraction of sp³-hybridized carbons (Fsp3) is 0.333. The molecule has 1 N–H and O–H groups in total. The molecule has 0 aliphatic carbocycles. The zero-order valence-electron chi connectivity index (χ0n) is 11.9. The molecule has 2 rings (SSSR count). The van der Waals surface area contributed by atoms with E-state index in [9.17, 15) is 4.79 Å². The van der Waals surface area contributed by atoms with Gasteiger partial charge in [0.25, 0.3) is 0 Å². The van der Waals surface area contributed by atoms with Gasteiger partial charge in [-0.1, -0.05) is 23.7 Å². The van der Waals surface area contributed by atoms with E-state index in [4.69, 9.17) is 23.8 Å². The van der Waals surface area contributed by atoms with Crippen molar-refractivity contribution in [1.29, 1.82) is 0 Å². The van der Waals surface area contributed by atoms with Crippen LogP contribution in [0.25, 0.3) is 6.08 Å². The maximum absolute atomic E-state index is 11.9. The van der Waals surface area contributed by atoms with Crippen molar-refractivity contribution >= 4 is 40.9 Å². The molecule has 0 bridgehead atoms. The van der Waals surface area contributed by atoms with Crippen molar-refractivity contribution in [2.45, 2.75) is 0 Å². The van der Waals surface area contributed by atoms with Gasteiger partial charge in [0.15, 0.2) is 5.11 Å². The van der Waals surface area contributed by atoms with Gasteiger partial charge in [0.1, 0.15) is 0 Å². The number of benzene rings is 1. The number of nitrogens with zero attached hydrogens (tertiary/aromatic N) is 2. The molecule has 0 radical (unpaired) electrons. The minimum atomic E-state index is -0.214. The molecule has 21 heavy (non-hydrogen) atoms. The molecule has 1 heterocycles. The molecule has 1 saturated heterocycles. The first kappa shape index (κ1) is 15.9. The van der Waals surface area contributed by atoms with E-state index in [1.165, 1.54) is 6.08 Å². The summed E-state index contributed by atoms with van der Waals surface area (Å²) in [4.78, 5) is 16.1. The summed E-state index contributed by atoms with van der Waals surface area (Å²) in [5, 5.41) is 3.90. The van der Waals surface area contributed by atoms with Gasteiger partial charge < -0.3 is 9.80 Å². The molecule has 1 aromatic rings. The van der Waals surface area contributed by atoms with E-state index in [0.717, 1.165) is 31.7 Å². The number of carbonyl (C=O) groups is 1. The Kier molecular flexibility index (Phi) is 5.73. The van der Waals surface area contributed by atoms with E-state index in [2.05, 4.69) is 17.3 Å². The average molecular weight is 324 g/mol. The zero-order valence-corrected chi connectivity index (χ0v) is 13.5. The number of halogens is 1. The number of hydrogen-bond donors (Lipinski definition) is 1. The summed E-state index contributed by atoms with van der Waals surface area (Å²) in [7, 11) is 2.08. The molecule has 0 spiro atoms. The first-order chi connectivity index (χ1) is 10.0. The fourth-order valence-corrected chi connectivity index (χ4v) is 2.39. The number of piperazine rings is 1. The van der Waals surface area contributed by atoms with Crippen LogP contribution in [0.1, 0.15) is 5.56 Å². The predicted molar refractivity (Wildman–Crippen MR) is 90.3 cm³/mol. The van der Waals surface area contributed by atoms with Crippen LogP contribution in [0.2, 0.25) is 5.02 Å². The van der Waals surface area contributed by atoms with Crippen molar-refractivity contribution in [2.24, 2.45) is 0 Å². The lowest BCUT2D eigenvalue weighted by molar-refractivity contribution is -0.115. The maximum atomic E-state index is 11.9. The van der Waals surface area contributed by atoms with E-state index in [1.807, 2.05) is 17.0 Å². The minimum absolute atomic E-state index is 0.214. The lowest BCUT2D eigenvalue weighted by Gasteiger charge is -2.33. The molecule has 6 heteroatoms. The van der Waals surface area contributed by atoms with Gasteiger partial charge in [-0.3, -0.25) is 10.1 Å². The topological polar surface area (TPSA) is 35.6 Å². The van der Waals surface area contributed by atoms with Crippen molar-refractivity contribution in [3.63, 3.8) is 0 Å². The molecule has 1 aliphatic rings. The number of carbonyl (C=O) groups excluding carboxylic acids is 1. The number of likely N-dealkylation sites (N-methyl/N-ethyl adjacent to an activating group) is 1. The second-order valence-corrected chi connectivity index (χ2v) is 5.79. The highest BCUT2D eigenvalue weighted by molar-refractivity contribution is 7.80. The van der Waals surface area contributed by atoms with E-state index >= 15 is 0 Å². The second-order valence-electron chi connectivity index (χ2n) is 4.97. The Morgan fingerprint density at radius 3 is 2.48 bits per heavy atom. The van der Waals surface area contributed by atoms with Crippen LogP contribution < -0.4 is 5.32 Å². The van der Waals surface area contributed by atoms with Crippen LogP contribution >= 0.6 is 23.8 Å². The number of hydrogen-bond acceptors (Lipinski definition) is 3. The monoisotopic (exact) mass is 323 g/mol. The van der Waals surface area contributed by atoms with Gasteiger partial charge in [-0.25, -0.2) is 0 Å². The number of nitrogens with one attached hydrogen (secondary N) is 1. The molecule has 0 saturated carbocycles. The quantitative estimate of drug-likeness (QED) is 0.667. The van der Waals surface area contributed by atoms with E-state index in [0.29, 0.717) is 10.1 Å². The first-order valence-electron chi connectivity index (χ1n) is 6.77. The van der Waals surface area contributed by atoms with E-state index < -0.39 is 0 Å². The molecule has 0 aromatic heterocycles. The Hall–Kier alpha value is -1.43. The molecular formula is C15H18ClN3OS. The van der Waals surface area contributed by atoms with Crippen molar-refractivity contribution in [3.8, 4) is 0 Å². The number of thiocarbonyl (C=S) groups is 1. The summed E-state index contributed by atoms with van der Waals surface area (Å²) in [6, 6.07) is 7.28. The van der Waals surface area contributed by atoms with Crippen molar-refractivity contribution in [3.05, 3.63) is 40.9 Å². The Labute approximate surface area is 135 Å². The van der Waals surface area contributed by atoms with Crippen molar-refractivity contribution in [1.82, 2.24) is 15.1 Å². The van der Waals surface area contributed by atoms with Crippen LogP contribution in [0, 0.1) is 0 Å². The molecule has 1 aliphatic heterocycles. The van der Waals surface area contributed by atoms with Crippen molar-refractivity contribution in [2.75, 3.05) is 33.2 Å². The summed E-state index contributed by atoms with van der Waals surface area (Å²) >= 11 is 11.1. The third kappa shape index (κ3) is 5.12. The maximum Gasteiger partial charge on any atom is 0.250 e. The lowest BCUT2D eigenvalue weighted by Crippen LogP contribution is -2.51. The highest BCUT2D eigenvalue weighted by atomic mass is 35.5. The highest BCUT2D eigenvalue weighted by Crippen LogP contribution is 2.10. The van der Waals surface area contributed by atoms with Crippen LogP contribution in [0.5, 0.6) is 0 Å². The SMILES string of the molecule is CN1CCN(C(=S)NC(=O)/C=C/c2ccc(Cl)cc2)CC1. The third-order valence-electron chi connectivity index (χ3n) is 3.32. The molecule has 1 fully saturated rings. The molecule has 1 amide bonds. The van der Waals surface area contributed by atoms with Crippen LogP contribution in [0.4, 0.5) is 0 Å². The van der Waals surface area contributed by atoms with Gasteiger partial charge in [0.2, 0.25) is 5.91 Å². The van der Waals surface area contributed by atoms with Crippen LogP contribution in [0.15, 0.2) is 30.3 Å². The number of rotatable bonds is 2.